The number of phenolic OH excluding ortho intramolecular Hbond substituents is 1. The summed E-state index contributed by atoms with van der Waals surface area (Å²) >= 11 is 0. The summed E-state index contributed by atoms with van der Waals surface area (Å²) in [5.74, 6) is 0.447. The van der Waals surface area contributed by atoms with Gasteiger partial charge in [-0.05, 0) is 24.5 Å². The van der Waals surface area contributed by atoms with Gasteiger partial charge in [0.15, 0.2) is 0 Å². The first-order valence-corrected chi connectivity index (χ1v) is 6.53. The van der Waals surface area contributed by atoms with Gasteiger partial charge in [-0.15, -0.1) is 0 Å². The molecule has 3 N–H and O–H groups in total. The molecule has 6 heteroatoms. The van der Waals surface area contributed by atoms with Crippen LogP contribution in [0.5, 0.6) is 11.5 Å². The maximum Gasteiger partial charge on any atom is 0.407 e. The number of ether oxygens (including phenoxy) is 1. The summed E-state index contributed by atoms with van der Waals surface area (Å²) in [7, 11) is 1.52. The van der Waals surface area contributed by atoms with Crippen molar-refractivity contribution in [3.05, 3.63) is 23.8 Å². The number of likely N-dealkylation sites (tertiary alicyclic amines) is 1. The SMILES string of the molecule is COc1cccc(O)c1C1CN(C(=O)O)CC1CCO. The van der Waals surface area contributed by atoms with Crippen LogP contribution in [0.25, 0.3) is 0 Å². The van der Waals surface area contributed by atoms with Crippen molar-refractivity contribution in [3.8, 4) is 11.5 Å². The molecule has 0 spiro atoms. The molecule has 1 aromatic carbocycles. The number of carbonyl (C=O) groups is 1. The molecule has 1 amide bonds. The van der Waals surface area contributed by atoms with E-state index in [0.29, 0.717) is 30.8 Å². The molecule has 1 aliphatic rings. The first-order chi connectivity index (χ1) is 9.58. The molecule has 1 fully saturated rings. The van der Waals surface area contributed by atoms with Gasteiger partial charge in [-0.2, -0.15) is 0 Å². The highest BCUT2D eigenvalue weighted by Gasteiger charge is 2.38. The zero-order valence-electron chi connectivity index (χ0n) is 11.3. The number of aromatic hydroxyl groups is 1. The van der Waals surface area contributed by atoms with Crippen molar-refractivity contribution in [2.75, 3.05) is 26.8 Å². The molecule has 1 aromatic rings. The molecule has 2 rings (SSSR count). The van der Waals surface area contributed by atoms with E-state index in [1.54, 1.807) is 18.2 Å². The second-order valence-corrected chi connectivity index (χ2v) is 4.96. The van der Waals surface area contributed by atoms with Crippen molar-refractivity contribution in [1.29, 1.82) is 0 Å². The van der Waals surface area contributed by atoms with E-state index in [0.717, 1.165) is 0 Å². The number of hydrogen-bond acceptors (Lipinski definition) is 4. The van der Waals surface area contributed by atoms with Gasteiger partial charge < -0.3 is 25.0 Å². The molecule has 2 atom stereocenters. The zero-order valence-corrected chi connectivity index (χ0v) is 11.3. The van der Waals surface area contributed by atoms with Crippen LogP contribution in [0.2, 0.25) is 0 Å². The summed E-state index contributed by atoms with van der Waals surface area (Å²) in [6.07, 6.45) is -0.490. The van der Waals surface area contributed by atoms with Crippen molar-refractivity contribution in [2.45, 2.75) is 12.3 Å². The summed E-state index contributed by atoms with van der Waals surface area (Å²) in [5.41, 5.74) is 0.622. The third-order valence-electron chi connectivity index (χ3n) is 3.85. The molecule has 110 valence electrons. The number of phenols is 1. The number of carboxylic acid groups (broad SMARTS) is 1. The molecule has 0 aromatic heterocycles. The van der Waals surface area contributed by atoms with Gasteiger partial charge in [-0.3, -0.25) is 0 Å². The van der Waals surface area contributed by atoms with E-state index in [-0.39, 0.29) is 24.2 Å². The third kappa shape index (κ3) is 2.65. The van der Waals surface area contributed by atoms with Crippen LogP contribution in [0.4, 0.5) is 4.79 Å². The van der Waals surface area contributed by atoms with Crippen molar-refractivity contribution in [1.82, 2.24) is 4.90 Å². The minimum absolute atomic E-state index is 0.00939. The minimum atomic E-state index is -0.982. The second kappa shape index (κ2) is 6.00. The van der Waals surface area contributed by atoms with Gasteiger partial charge in [0.1, 0.15) is 11.5 Å². The number of aliphatic hydroxyl groups is 1. The lowest BCUT2D eigenvalue weighted by molar-refractivity contribution is 0.152. The summed E-state index contributed by atoms with van der Waals surface area (Å²) in [5, 5.41) is 28.4. The maximum atomic E-state index is 11.1. The van der Waals surface area contributed by atoms with Crippen LogP contribution in [0, 0.1) is 5.92 Å². The lowest BCUT2D eigenvalue weighted by Crippen LogP contribution is -2.27. The van der Waals surface area contributed by atoms with Crippen LogP contribution >= 0.6 is 0 Å². The minimum Gasteiger partial charge on any atom is -0.508 e. The number of amides is 1. The van der Waals surface area contributed by atoms with E-state index in [1.165, 1.54) is 12.0 Å². The highest BCUT2D eigenvalue weighted by Crippen LogP contribution is 2.43. The number of nitrogens with zero attached hydrogens (tertiary/aromatic N) is 1. The van der Waals surface area contributed by atoms with Gasteiger partial charge in [0, 0.05) is 31.2 Å². The molecule has 1 saturated heterocycles. The standard InChI is InChI=1S/C14H19NO5/c1-20-12-4-2-3-11(17)13(12)10-8-15(14(18)19)7-9(10)5-6-16/h2-4,9-10,16-17H,5-8H2,1H3,(H,18,19). The predicted octanol–water partition coefficient (Wildman–Crippen LogP) is 1.48. The Kier molecular flexibility index (Phi) is 4.34. The number of aliphatic hydroxyl groups excluding tert-OH is 1. The molecule has 1 aliphatic heterocycles. The van der Waals surface area contributed by atoms with Crippen LogP contribution in [0.3, 0.4) is 0 Å². The van der Waals surface area contributed by atoms with Gasteiger partial charge in [0.05, 0.1) is 7.11 Å². The van der Waals surface area contributed by atoms with Crippen LogP contribution in [0.15, 0.2) is 18.2 Å². The van der Waals surface area contributed by atoms with E-state index in [1.807, 2.05) is 0 Å². The average Bonchev–Trinajstić information content (AvgIpc) is 2.83. The van der Waals surface area contributed by atoms with Gasteiger partial charge >= 0.3 is 6.09 Å². The van der Waals surface area contributed by atoms with Crippen molar-refractivity contribution < 1.29 is 24.9 Å². The Balaban J connectivity index is 2.36. The van der Waals surface area contributed by atoms with Crippen LogP contribution in [-0.2, 0) is 0 Å². The molecule has 1 heterocycles. The van der Waals surface area contributed by atoms with Crippen molar-refractivity contribution in [2.24, 2.45) is 5.92 Å². The highest BCUT2D eigenvalue weighted by atomic mass is 16.5. The molecular weight excluding hydrogens is 262 g/mol. The first kappa shape index (κ1) is 14.5. The number of methoxy groups -OCH3 is 1. The summed E-state index contributed by atoms with van der Waals surface area (Å²) < 4.78 is 5.27. The topological polar surface area (TPSA) is 90.2 Å². The maximum absolute atomic E-state index is 11.1. The first-order valence-electron chi connectivity index (χ1n) is 6.53. The van der Waals surface area contributed by atoms with Crippen LogP contribution in [-0.4, -0.2) is 53.1 Å². The smallest absolute Gasteiger partial charge is 0.407 e. The Morgan fingerprint density at radius 2 is 2.20 bits per heavy atom. The molecule has 20 heavy (non-hydrogen) atoms. The fourth-order valence-electron chi connectivity index (χ4n) is 2.90. The normalized spacial score (nSPS) is 22.0. The molecule has 0 bridgehead atoms. The fourth-order valence-corrected chi connectivity index (χ4v) is 2.90. The Bertz CT molecular complexity index is 490. The fraction of sp³-hybridized carbons (Fsp3) is 0.500. The number of rotatable bonds is 4. The van der Waals surface area contributed by atoms with Crippen LogP contribution in [0.1, 0.15) is 17.9 Å². The molecular formula is C14H19NO5. The molecule has 6 nitrogen and oxygen atoms in total. The van der Waals surface area contributed by atoms with E-state index in [2.05, 4.69) is 0 Å². The average molecular weight is 281 g/mol. The second-order valence-electron chi connectivity index (χ2n) is 4.96. The molecule has 0 saturated carbocycles. The lowest BCUT2D eigenvalue weighted by atomic mass is 9.86. The van der Waals surface area contributed by atoms with Gasteiger partial charge in [-0.25, -0.2) is 4.79 Å². The third-order valence-corrected chi connectivity index (χ3v) is 3.85. The Labute approximate surface area is 117 Å². The van der Waals surface area contributed by atoms with Crippen molar-refractivity contribution in [3.63, 3.8) is 0 Å². The molecule has 0 radical (unpaired) electrons. The zero-order chi connectivity index (χ0) is 14.7. The summed E-state index contributed by atoms with van der Waals surface area (Å²) in [6.45, 7) is 0.649. The van der Waals surface area contributed by atoms with Gasteiger partial charge in [-0.1, -0.05) is 6.07 Å². The number of hydrogen-bond donors (Lipinski definition) is 3. The quantitative estimate of drug-likeness (QED) is 0.777. The lowest BCUT2D eigenvalue weighted by Gasteiger charge is -2.21. The largest absolute Gasteiger partial charge is 0.508 e. The van der Waals surface area contributed by atoms with E-state index >= 15 is 0 Å². The van der Waals surface area contributed by atoms with Gasteiger partial charge in [0.25, 0.3) is 0 Å². The predicted molar refractivity (Wildman–Crippen MR) is 72.2 cm³/mol. The molecule has 0 aliphatic carbocycles. The summed E-state index contributed by atoms with van der Waals surface area (Å²) in [6, 6.07) is 4.99. The Hall–Kier alpha value is -1.95. The summed E-state index contributed by atoms with van der Waals surface area (Å²) in [4.78, 5) is 12.5. The van der Waals surface area contributed by atoms with Gasteiger partial charge in [0.2, 0.25) is 0 Å². The van der Waals surface area contributed by atoms with Crippen LogP contribution < -0.4 is 4.74 Å². The Morgan fingerprint density at radius 3 is 2.80 bits per heavy atom. The van der Waals surface area contributed by atoms with E-state index in [9.17, 15) is 9.90 Å². The highest BCUT2D eigenvalue weighted by molar-refractivity contribution is 5.66. The number of benzene rings is 1. The molecule has 2 unspecified atom stereocenters. The van der Waals surface area contributed by atoms with E-state index in [4.69, 9.17) is 14.9 Å². The monoisotopic (exact) mass is 281 g/mol. The van der Waals surface area contributed by atoms with Crippen molar-refractivity contribution >= 4 is 6.09 Å². The van der Waals surface area contributed by atoms with E-state index < -0.39 is 6.09 Å². The Morgan fingerprint density at radius 1 is 1.45 bits per heavy atom.